The lowest BCUT2D eigenvalue weighted by Crippen LogP contribution is -2.08. The topological polar surface area (TPSA) is 208 Å². The normalized spacial score (nSPS) is 8.86. The van der Waals surface area contributed by atoms with E-state index in [-0.39, 0.29) is 73.3 Å². The van der Waals surface area contributed by atoms with Gasteiger partial charge in [-0.3, -0.25) is 14.4 Å². The number of thiocarbonyl (C=S) groups is 1. The number of alkyl halides is 1. The molecule has 51 heavy (non-hydrogen) atoms. The van der Waals surface area contributed by atoms with E-state index in [4.69, 9.17) is 46.4 Å². The highest BCUT2D eigenvalue weighted by molar-refractivity contribution is 7.80. The summed E-state index contributed by atoms with van der Waals surface area (Å²) in [6, 6.07) is 10.5. The number of nitrogens with zero attached hydrogens (tertiary/aromatic N) is 2. The zero-order valence-corrected chi connectivity index (χ0v) is 28.5. The quantitative estimate of drug-likeness (QED) is 0.0580. The monoisotopic (exact) mass is 769 g/mol. The number of nitrogens with two attached hydrogens (primary N) is 1. The molecule has 2 aromatic carbocycles. The maximum atomic E-state index is 13.3. The van der Waals surface area contributed by atoms with Crippen LogP contribution in [0.3, 0.4) is 0 Å². The summed E-state index contributed by atoms with van der Waals surface area (Å²) in [5.74, 6) is -1.20. The van der Waals surface area contributed by atoms with Crippen molar-refractivity contribution in [2.45, 2.75) is 54.4 Å². The molecule has 0 unspecified atom stereocenters. The maximum absolute atomic E-state index is 13.3. The molecule has 3 N–H and O–H groups in total. The molecule has 2 aromatic heterocycles. The second kappa shape index (κ2) is 28.6. The number of thiazole rings is 1. The van der Waals surface area contributed by atoms with Gasteiger partial charge in [-0.25, -0.2) is 18.6 Å². The van der Waals surface area contributed by atoms with Crippen LogP contribution in [0.1, 0.15) is 64.0 Å². The van der Waals surface area contributed by atoms with E-state index < -0.39 is 17.3 Å². The average Bonchev–Trinajstić information content (AvgIpc) is 3.51. The number of ketones is 1. The van der Waals surface area contributed by atoms with Crippen molar-refractivity contribution >= 4 is 75.3 Å². The fraction of sp³-hybridized carbons (Fsp3) is 0.294. The minimum Gasteiger partial charge on any atom is -0.507 e. The van der Waals surface area contributed by atoms with Crippen molar-refractivity contribution in [2.24, 2.45) is 5.73 Å². The van der Waals surface area contributed by atoms with Gasteiger partial charge >= 0.3 is 17.7 Å². The van der Waals surface area contributed by atoms with Gasteiger partial charge in [0, 0.05) is 17.2 Å². The van der Waals surface area contributed by atoms with Crippen LogP contribution in [0.5, 0.6) is 5.75 Å². The highest BCUT2D eigenvalue weighted by atomic mass is 35.5. The number of hydrogen-bond donors (Lipinski definition) is 2. The lowest BCUT2D eigenvalue weighted by atomic mass is 10.2. The summed E-state index contributed by atoms with van der Waals surface area (Å²) in [5.41, 5.74) is 5.39. The first-order valence-electron chi connectivity index (χ1n) is 13.8. The third kappa shape index (κ3) is 20.8. The predicted molar refractivity (Wildman–Crippen MR) is 193 cm³/mol. The number of phenolic OH excluding ortho intramolecular Hbond substituents is 1. The third-order valence-electron chi connectivity index (χ3n) is 5.15. The Labute approximate surface area is 307 Å². The predicted octanol–water partition coefficient (Wildman–Crippen LogP) is 6.97. The number of benzene rings is 2. The van der Waals surface area contributed by atoms with Crippen LogP contribution in [-0.2, 0) is 30.3 Å². The first-order valence-corrected chi connectivity index (χ1v) is 15.6. The lowest BCUT2D eigenvalue weighted by Gasteiger charge is -2.00. The van der Waals surface area contributed by atoms with Crippen molar-refractivity contribution < 1.29 is 47.0 Å². The molecule has 0 atom stereocenters. The van der Waals surface area contributed by atoms with Crippen molar-refractivity contribution in [3.05, 3.63) is 81.2 Å². The van der Waals surface area contributed by atoms with E-state index in [1.807, 2.05) is 6.92 Å². The van der Waals surface area contributed by atoms with Gasteiger partial charge in [-0.05, 0) is 55.8 Å². The summed E-state index contributed by atoms with van der Waals surface area (Å²) in [7, 11) is 0. The van der Waals surface area contributed by atoms with Crippen molar-refractivity contribution in [3.63, 3.8) is 0 Å². The molecule has 0 spiro atoms. The van der Waals surface area contributed by atoms with Crippen molar-refractivity contribution in [1.82, 2.24) is 4.98 Å². The van der Waals surface area contributed by atoms with E-state index in [1.54, 1.807) is 18.4 Å². The number of esters is 1. The molecular weight excluding hydrogens is 732 g/mol. The standard InChI is InChI=1S/C16H12FNO4S.C7H5FO2.C5H9ClO.C3H4N2S.CO2.2CH4/c1-2-21-14(19)7-11-8-23-15(18-11)12-6-9-5-10(17)3-4-13(9)22-16(12)20;8-6-1-2-7(10)5(3-6)4-9;1-2-3-5(7)4-6;4-2-1-3(5)6;2-1-3;;/h3-6,8H,2,7H2,1H3;1-4,10H;2-4H2,1H3;1H2,(H2,5,6);;2*1H4. The Morgan fingerprint density at radius 3 is 2.22 bits per heavy atom. The summed E-state index contributed by atoms with van der Waals surface area (Å²) >= 11 is 10.7. The molecule has 0 radical (unpaired) electrons. The zero-order chi connectivity index (χ0) is 37.4. The highest BCUT2D eigenvalue weighted by Gasteiger charge is 2.14. The van der Waals surface area contributed by atoms with Crippen LogP contribution in [0.4, 0.5) is 8.78 Å². The molecule has 0 aliphatic carbocycles. The van der Waals surface area contributed by atoms with Gasteiger partial charge in [-0.2, -0.15) is 14.9 Å². The van der Waals surface area contributed by atoms with Gasteiger partial charge in [0.25, 0.3) is 0 Å². The van der Waals surface area contributed by atoms with E-state index in [0.29, 0.717) is 41.0 Å². The molecule has 0 aliphatic heterocycles. The Kier molecular flexibility index (Phi) is 28.2. The SMILES string of the molecule is C.C.CCCC(=O)CCl.CCOC(=O)Cc1csc(-c2cc3cc(F)ccc3oc2=O)n1.N#CCC(N)=S.O=C=O.O=Cc1cc(F)ccc1O. The highest BCUT2D eigenvalue weighted by Crippen LogP contribution is 2.25. The van der Waals surface area contributed by atoms with E-state index in [0.717, 1.165) is 24.6 Å². The third-order valence-corrected chi connectivity index (χ3v) is 6.52. The Morgan fingerprint density at radius 1 is 1.14 bits per heavy atom. The molecule has 0 aliphatic rings. The number of fused-ring (bicyclic) bond motifs is 1. The summed E-state index contributed by atoms with van der Waals surface area (Å²) in [6.45, 7) is 3.99. The minimum atomic E-state index is -0.554. The van der Waals surface area contributed by atoms with E-state index in [1.165, 1.54) is 35.6 Å². The Bertz CT molecular complexity index is 1840. The average molecular weight is 770 g/mol. The number of aldehydes is 1. The van der Waals surface area contributed by atoms with Crippen LogP contribution in [0.15, 0.2) is 57.1 Å². The molecular formula is C34H38ClF2N3O9S2. The number of carbonyl (C=O) groups is 3. The van der Waals surface area contributed by atoms with E-state index >= 15 is 0 Å². The second-order valence-corrected chi connectivity index (χ2v) is 10.5. The summed E-state index contributed by atoms with van der Waals surface area (Å²) in [5, 5.41) is 19.2. The molecule has 0 saturated carbocycles. The van der Waals surface area contributed by atoms with Gasteiger partial charge in [-0.15, -0.1) is 22.9 Å². The number of Topliss-reactive ketones (excluding diaryl/α,β-unsaturated/α-hetero) is 1. The second-order valence-electron chi connectivity index (χ2n) is 8.88. The molecule has 17 heteroatoms. The van der Waals surface area contributed by atoms with Crippen LogP contribution >= 0.6 is 35.2 Å². The molecule has 0 fully saturated rings. The molecule has 276 valence electrons. The fourth-order valence-corrected chi connectivity index (χ4v) is 4.18. The smallest absolute Gasteiger partial charge is 0.373 e. The Balaban J connectivity index is -0.000000684. The summed E-state index contributed by atoms with van der Waals surface area (Å²) in [4.78, 5) is 64.6. The summed E-state index contributed by atoms with van der Waals surface area (Å²) in [6.07, 6.45) is 2.42. The number of phenols is 1. The van der Waals surface area contributed by atoms with Crippen molar-refractivity contribution in [1.29, 1.82) is 5.26 Å². The molecule has 4 rings (SSSR count). The number of rotatable bonds is 9. The first-order chi connectivity index (χ1) is 23.3. The number of aromatic nitrogens is 1. The van der Waals surface area contributed by atoms with Gasteiger partial charge in [0.2, 0.25) is 0 Å². The maximum Gasteiger partial charge on any atom is 0.373 e. The number of aromatic hydroxyl groups is 1. The molecule has 0 amide bonds. The zero-order valence-electron chi connectivity index (χ0n) is 26.1. The van der Waals surface area contributed by atoms with Crippen LogP contribution in [-0.4, -0.2) is 51.8 Å². The fourth-order valence-electron chi connectivity index (χ4n) is 3.16. The lowest BCUT2D eigenvalue weighted by molar-refractivity contribution is -0.191. The van der Waals surface area contributed by atoms with Gasteiger partial charge in [0.1, 0.15) is 33.8 Å². The van der Waals surface area contributed by atoms with Crippen LogP contribution in [0, 0.1) is 23.0 Å². The van der Waals surface area contributed by atoms with Crippen molar-refractivity contribution in [2.75, 3.05) is 12.5 Å². The van der Waals surface area contributed by atoms with Crippen LogP contribution < -0.4 is 11.4 Å². The number of nitriles is 1. The number of hydrogen-bond acceptors (Lipinski definition) is 13. The molecule has 0 saturated heterocycles. The van der Waals surface area contributed by atoms with Crippen LogP contribution in [0.2, 0.25) is 0 Å². The van der Waals surface area contributed by atoms with E-state index in [2.05, 4.69) is 17.2 Å². The molecule has 2 heterocycles. The van der Waals surface area contributed by atoms with E-state index in [9.17, 15) is 28.0 Å². The Hall–Kier alpha value is -5.20. The van der Waals surface area contributed by atoms with Gasteiger partial charge in [0.15, 0.2) is 6.29 Å². The molecule has 12 nitrogen and oxygen atoms in total. The van der Waals surface area contributed by atoms with Gasteiger partial charge in [-0.1, -0.05) is 34.0 Å². The first kappa shape index (κ1) is 50.2. The van der Waals surface area contributed by atoms with Crippen LogP contribution in [0.25, 0.3) is 21.5 Å². The number of halogens is 3. The molecule has 4 aromatic rings. The minimum absolute atomic E-state index is 0. The largest absolute Gasteiger partial charge is 0.507 e. The number of carbonyl (C=O) groups excluding carboxylic acids is 5. The van der Waals surface area contributed by atoms with Crippen molar-refractivity contribution in [3.8, 4) is 22.4 Å². The van der Waals surface area contributed by atoms with Gasteiger partial charge in [0.05, 0.1) is 53.2 Å². The number of ether oxygens (including phenoxy) is 1. The summed E-state index contributed by atoms with van der Waals surface area (Å²) < 4.78 is 35.6. The Morgan fingerprint density at radius 2 is 1.75 bits per heavy atom. The molecule has 0 bridgehead atoms. The van der Waals surface area contributed by atoms with Gasteiger partial charge < -0.3 is 20.0 Å².